The number of aromatic nitrogens is 4. The molecule has 0 radical (unpaired) electrons. The molecule has 186 valence electrons. The lowest BCUT2D eigenvalue weighted by atomic mass is 9.75. The zero-order chi connectivity index (χ0) is 25.7. The molecule has 37 heavy (non-hydrogen) atoms. The summed E-state index contributed by atoms with van der Waals surface area (Å²) in [5.41, 5.74) is 6.34. The molecule has 6 nitrogen and oxygen atoms in total. The summed E-state index contributed by atoms with van der Waals surface area (Å²) in [6.45, 7) is 3.95. The summed E-state index contributed by atoms with van der Waals surface area (Å²) in [5.74, 6) is 0.510. The van der Waals surface area contributed by atoms with Crippen molar-refractivity contribution in [3.8, 4) is 5.69 Å². The Bertz CT molecular complexity index is 1670. The number of rotatable bonds is 4. The quantitative estimate of drug-likeness (QED) is 0.279. The van der Waals surface area contributed by atoms with E-state index >= 15 is 0 Å². The van der Waals surface area contributed by atoms with Gasteiger partial charge in [-0.05, 0) is 79.8 Å². The topological polar surface area (TPSA) is 75.6 Å². The van der Waals surface area contributed by atoms with Crippen molar-refractivity contribution in [1.82, 2.24) is 25.1 Å². The van der Waals surface area contributed by atoms with Crippen LogP contribution in [-0.4, -0.2) is 25.7 Å². The average molecular weight is 530 g/mol. The summed E-state index contributed by atoms with van der Waals surface area (Å²) in [7, 11) is 0. The van der Waals surface area contributed by atoms with E-state index in [1.807, 2.05) is 41.8 Å². The molecule has 1 aliphatic rings. The summed E-state index contributed by atoms with van der Waals surface area (Å²) in [6.07, 6.45) is 3.80. The maximum Gasteiger partial charge on any atom is 0.253 e. The summed E-state index contributed by atoms with van der Waals surface area (Å²) in [5, 5.41) is 13.5. The fourth-order valence-corrected chi connectivity index (χ4v) is 5.90. The first-order chi connectivity index (χ1) is 17.8. The van der Waals surface area contributed by atoms with E-state index in [1.165, 1.54) is 22.2 Å². The second kappa shape index (κ2) is 9.05. The van der Waals surface area contributed by atoms with Crippen molar-refractivity contribution < 1.29 is 4.79 Å². The maximum atomic E-state index is 13.8. The average Bonchev–Trinajstić information content (AvgIpc) is 3.46. The van der Waals surface area contributed by atoms with Gasteiger partial charge in [-0.15, -0.1) is 10.2 Å². The number of carbonyl (C=O) groups excluding carboxylic acids is 1. The number of hydrogen-bond donors (Lipinski definition) is 2. The third-order valence-electron chi connectivity index (χ3n) is 7.35. The minimum absolute atomic E-state index is 0.226. The maximum absolute atomic E-state index is 13.8. The Hall–Kier alpha value is -3.61. The number of H-pyrrole nitrogens is 1. The van der Waals surface area contributed by atoms with Gasteiger partial charge in [0.15, 0.2) is 0 Å². The van der Waals surface area contributed by atoms with Crippen LogP contribution in [0.5, 0.6) is 0 Å². The summed E-state index contributed by atoms with van der Waals surface area (Å²) < 4.78 is 1.82. The Morgan fingerprint density at radius 3 is 2.70 bits per heavy atom. The van der Waals surface area contributed by atoms with Crippen LogP contribution in [0.4, 0.5) is 0 Å². The van der Waals surface area contributed by atoms with Crippen LogP contribution < -0.4 is 5.32 Å². The van der Waals surface area contributed by atoms with E-state index in [0.29, 0.717) is 22.0 Å². The van der Waals surface area contributed by atoms with Crippen LogP contribution in [0.2, 0.25) is 10.0 Å². The number of nitrogens with one attached hydrogen (secondary N) is 2. The number of halogens is 2. The van der Waals surface area contributed by atoms with Crippen LogP contribution >= 0.6 is 23.2 Å². The molecule has 2 heterocycles. The Morgan fingerprint density at radius 1 is 1.08 bits per heavy atom. The zero-order valence-electron chi connectivity index (χ0n) is 20.5. The smallest absolute Gasteiger partial charge is 0.253 e. The fraction of sp³-hybridized carbons (Fsp3) is 0.207. The normalized spacial score (nSPS) is 17.1. The van der Waals surface area contributed by atoms with E-state index in [9.17, 15) is 4.79 Å². The van der Waals surface area contributed by atoms with Gasteiger partial charge in [0.1, 0.15) is 12.2 Å². The molecule has 2 aromatic heterocycles. The Kier molecular flexibility index (Phi) is 5.81. The van der Waals surface area contributed by atoms with E-state index < -0.39 is 5.54 Å². The van der Waals surface area contributed by atoms with Gasteiger partial charge in [-0.25, -0.2) is 0 Å². The summed E-state index contributed by atoms with van der Waals surface area (Å²) >= 11 is 13.1. The molecule has 0 saturated carbocycles. The molecule has 5 aromatic rings. The van der Waals surface area contributed by atoms with Gasteiger partial charge < -0.3 is 10.3 Å². The number of carbonyl (C=O) groups is 1. The molecular formula is C29H25Cl2N5O. The molecule has 1 aliphatic carbocycles. The second-order valence-electron chi connectivity index (χ2n) is 9.77. The lowest BCUT2D eigenvalue weighted by Gasteiger charge is -2.39. The molecule has 0 fully saturated rings. The largest absolute Gasteiger partial charge is 0.358 e. The van der Waals surface area contributed by atoms with Crippen molar-refractivity contribution in [3.63, 3.8) is 0 Å². The van der Waals surface area contributed by atoms with Crippen LogP contribution in [0.1, 0.15) is 45.0 Å². The van der Waals surface area contributed by atoms with Crippen molar-refractivity contribution in [1.29, 1.82) is 0 Å². The van der Waals surface area contributed by atoms with E-state index in [2.05, 4.69) is 45.6 Å². The van der Waals surface area contributed by atoms with Crippen molar-refractivity contribution >= 4 is 40.0 Å². The van der Waals surface area contributed by atoms with Crippen molar-refractivity contribution in [2.45, 2.75) is 38.6 Å². The molecule has 0 saturated heterocycles. The highest BCUT2D eigenvalue weighted by molar-refractivity contribution is 6.34. The Balaban J connectivity index is 1.39. The number of amides is 1. The van der Waals surface area contributed by atoms with Gasteiger partial charge in [-0.1, -0.05) is 47.5 Å². The summed E-state index contributed by atoms with van der Waals surface area (Å²) in [4.78, 5) is 17.4. The van der Waals surface area contributed by atoms with Crippen molar-refractivity contribution in [3.05, 3.63) is 111 Å². The predicted molar refractivity (Wildman–Crippen MR) is 147 cm³/mol. The predicted octanol–water partition coefficient (Wildman–Crippen LogP) is 6.49. The number of aromatic amines is 1. The van der Waals surface area contributed by atoms with Crippen LogP contribution in [0.3, 0.4) is 0 Å². The third kappa shape index (κ3) is 4.20. The molecule has 8 heteroatoms. The summed E-state index contributed by atoms with van der Waals surface area (Å²) in [6, 6.07) is 19.6. The highest BCUT2D eigenvalue weighted by Gasteiger charge is 2.39. The highest BCUT2D eigenvalue weighted by Crippen LogP contribution is 2.41. The Labute approximate surface area is 224 Å². The second-order valence-corrected chi connectivity index (χ2v) is 10.6. The molecule has 1 atom stereocenters. The number of aryl methyl sites for hydroxylation is 3. The highest BCUT2D eigenvalue weighted by atomic mass is 35.5. The van der Waals surface area contributed by atoms with E-state index in [4.69, 9.17) is 23.2 Å². The fourth-order valence-electron chi connectivity index (χ4n) is 5.45. The van der Waals surface area contributed by atoms with Crippen molar-refractivity contribution in [2.75, 3.05) is 0 Å². The Morgan fingerprint density at radius 2 is 1.95 bits per heavy atom. The van der Waals surface area contributed by atoms with E-state index in [0.717, 1.165) is 35.4 Å². The lowest BCUT2D eigenvalue weighted by Crippen LogP contribution is -2.49. The van der Waals surface area contributed by atoms with Gasteiger partial charge in [0.25, 0.3) is 5.91 Å². The number of nitrogens with zero attached hydrogens (tertiary/aromatic N) is 3. The SMILES string of the molecule is Cc1ccc2c3c([nH]c2c1)CCC(NC(=O)c1ccc(-n2cnnc2C)cc1Cl)(c1cccc(Cl)c1)C3. The molecule has 0 aliphatic heterocycles. The van der Waals surface area contributed by atoms with Crippen molar-refractivity contribution in [2.24, 2.45) is 0 Å². The first-order valence-electron chi connectivity index (χ1n) is 12.2. The number of hydrogen-bond acceptors (Lipinski definition) is 3. The van der Waals surface area contributed by atoms with Crippen LogP contribution in [0.25, 0.3) is 16.6 Å². The van der Waals surface area contributed by atoms with Gasteiger partial charge in [-0.2, -0.15) is 0 Å². The first kappa shape index (κ1) is 23.8. The van der Waals surface area contributed by atoms with Gasteiger partial charge in [0, 0.05) is 33.7 Å². The van der Waals surface area contributed by atoms with Gasteiger partial charge in [0.2, 0.25) is 0 Å². The molecule has 6 rings (SSSR count). The number of fused-ring (bicyclic) bond motifs is 3. The molecule has 1 amide bonds. The molecule has 2 N–H and O–H groups in total. The number of benzene rings is 3. The standard InChI is InChI=1S/C29H25Cl2N5O/c1-17-6-8-22-24-15-29(19-4-3-5-20(30)13-19,11-10-26(24)33-27(22)12-17)34-28(37)23-9-7-21(14-25(23)31)36-16-32-35-18(36)2/h3-9,12-14,16,33H,10-11,15H2,1-2H3,(H,34,37). The zero-order valence-corrected chi connectivity index (χ0v) is 22.0. The minimum atomic E-state index is -0.637. The molecular weight excluding hydrogens is 505 g/mol. The molecule has 1 unspecified atom stereocenters. The molecule has 0 spiro atoms. The minimum Gasteiger partial charge on any atom is -0.358 e. The van der Waals surface area contributed by atoms with Gasteiger partial charge in [0.05, 0.1) is 16.1 Å². The van der Waals surface area contributed by atoms with Gasteiger partial charge in [-0.3, -0.25) is 9.36 Å². The van der Waals surface area contributed by atoms with E-state index in [-0.39, 0.29) is 5.91 Å². The first-order valence-corrected chi connectivity index (χ1v) is 12.9. The van der Waals surface area contributed by atoms with Crippen LogP contribution in [0.15, 0.2) is 67.0 Å². The molecule has 0 bridgehead atoms. The third-order valence-corrected chi connectivity index (χ3v) is 7.90. The van der Waals surface area contributed by atoms with Crippen LogP contribution in [0, 0.1) is 13.8 Å². The monoisotopic (exact) mass is 529 g/mol. The van der Waals surface area contributed by atoms with Gasteiger partial charge >= 0.3 is 0 Å². The molecule has 3 aromatic carbocycles. The van der Waals surface area contributed by atoms with Crippen LogP contribution in [-0.2, 0) is 18.4 Å². The van der Waals surface area contributed by atoms with E-state index in [1.54, 1.807) is 18.5 Å². The lowest BCUT2D eigenvalue weighted by molar-refractivity contribution is 0.0886.